The van der Waals surface area contributed by atoms with Crippen molar-refractivity contribution in [2.24, 2.45) is 0 Å². The minimum absolute atomic E-state index is 0.000809. The summed E-state index contributed by atoms with van der Waals surface area (Å²) in [7, 11) is -3.75. The summed E-state index contributed by atoms with van der Waals surface area (Å²) in [4.78, 5) is 15.2. The summed E-state index contributed by atoms with van der Waals surface area (Å²) in [6.45, 7) is 0.581. The van der Waals surface area contributed by atoms with Gasteiger partial charge in [-0.05, 0) is 25.0 Å². The summed E-state index contributed by atoms with van der Waals surface area (Å²) in [5.74, 6) is -0.301. The van der Waals surface area contributed by atoms with E-state index in [2.05, 4.69) is 15.0 Å². The van der Waals surface area contributed by atoms with Crippen LogP contribution in [0, 0.1) is 0 Å². The van der Waals surface area contributed by atoms with Crippen LogP contribution in [0.25, 0.3) is 0 Å². The molecule has 0 aliphatic carbocycles. The van der Waals surface area contributed by atoms with Gasteiger partial charge in [0.15, 0.2) is 0 Å². The molecular weight excluding hydrogens is 278 g/mol. The van der Waals surface area contributed by atoms with Gasteiger partial charge >= 0.3 is 0 Å². The summed E-state index contributed by atoms with van der Waals surface area (Å²) >= 11 is 5.64. The Hall–Kier alpha value is -1.18. The lowest BCUT2D eigenvalue weighted by atomic mass is 10.1. The van der Waals surface area contributed by atoms with Crippen LogP contribution >= 0.6 is 11.6 Å². The third kappa shape index (κ3) is 2.98. The maximum atomic E-state index is 12.0. The largest absolute Gasteiger partial charge is 0.355 e. The lowest BCUT2D eigenvalue weighted by molar-refractivity contribution is -0.124. The van der Waals surface area contributed by atoms with Crippen LogP contribution in [-0.2, 0) is 14.8 Å². The molecule has 1 fully saturated rings. The van der Waals surface area contributed by atoms with E-state index in [1.165, 1.54) is 18.3 Å². The normalized spacial score (nSPS) is 20.5. The van der Waals surface area contributed by atoms with E-state index in [1.807, 2.05) is 0 Å². The molecule has 1 saturated heterocycles. The number of nitrogens with one attached hydrogen (secondary N) is 2. The molecule has 1 aliphatic rings. The maximum absolute atomic E-state index is 12.0. The van der Waals surface area contributed by atoms with Crippen LogP contribution in [0.4, 0.5) is 0 Å². The van der Waals surface area contributed by atoms with Gasteiger partial charge in [0.1, 0.15) is 11.2 Å². The number of sulfonamides is 1. The van der Waals surface area contributed by atoms with Gasteiger partial charge in [-0.3, -0.25) is 4.79 Å². The minimum Gasteiger partial charge on any atom is -0.355 e. The lowest BCUT2D eigenvalue weighted by Gasteiger charge is -2.22. The van der Waals surface area contributed by atoms with Crippen LogP contribution in [-0.4, -0.2) is 31.9 Å². The van der Waals surface area contributed by atoms with Gasteiger partial charge in [0.2, 0.25) is 15.9 Å². The standard InChI is InChI=1S/C10H12ClN3O3S/c11-9-6-7(3-5-12-9)18(16,17)14-8-2-1-4-13-10(8)15/h3,5-6,8,14H,1-2,4H2,(H,13,15). The van der Waals surface area contributed by atoms with E-state index in [0.717, 1.165) is 6.42 Å². The molecule has 2 N–H and O–H groups in total. The van der Waals surface area contributed by atoms with E-state index in [-0.39, 0.29) is 16.0 Å². The second-order valence-corrected chi connectivity index (χ2v) is 6.02. The molecule has 18 heavy (non-hydrogen) atoms. The molecule has 98 valence electrons. The van der Waals surface area contributed by atoms with Gasteiger partial charge < -0.3 is 5.32 Å². The molecule has 1 aliphatic heterocycles. The van der Waals surface area contributed by atoms with Gasteiger partial charge in [-0.1, -0.05) is 11.6 Å². The summed E-state index contributed by atoms with van der Waals surface area (Å²) in [6, 6.07) is 1.84. The topological polar surface area (TPSA) is 88.2 Å². The molecule has 2 rings (SSSR count). The fraction of sp³-hybridized carbons (Fsp3) is 0.400. The number of carbonyl (C=O) groups excluding carboxylic acids is 1. The van der Waals surface area contributed by atoms with E-state index in [1.54, 1.807) is 0 Å². The van der Waals surface area contributed by atoms with Crippen molar-refractivity contribution in [3.8, 4) is 0 Å². The average molecular weight is 290 g/mol. The zero-order valence-electron chi connectivity index (χ0n) is 9.39. The Kier molecular flexibility index (Phi) is 3.84. The Morgan fingerprint density at radius 2 is 2.28 bits per heavy atom. The third-order valence-corrected chi connectivity index (χ3v) is 4.27. The predicted molar refractivity (Wildman–Crippen MR) is 65.6 cm³/mol. The first-order chi connectivity index (χ1) is 8.49. The molecule has 2 heterocycles. The molecule has 1 aromatic heterocycles. The predicted octanol–water partition coefficient (Wildman–Crippen LogP) is 0.292. The van der Waals surface area contributed by atoms with Crippen molar-refractivity contribution >= 4 is 27.5 Å². The molecule has 0 bridgehead atoms. The lowest BCUT2D eigenvalue weighted by Crippen LogP contribution is -2.50. The van der Waals surface area contributed by atoms with Gasteiger partial charge in [0, 0.05) is 12.7 Å². The number of hydrogen-bond donors (Lipinski definition) is 2. The van der Waals surface area contributed by atoms with Crippen molar-refractivity contribution in [2.45, 2.75) is 23.8 Å². The molecule has 6 nitrogen and oxygen atoms in total. The van der Waals surface area contributed by atoms with Crippen molar-refractivity contribution < 1.29 is 13.2 Å². The number of aromatic nitrogens is 1. The average Bonchev–Trinajstić information content (AvgIpc) is 2.32. The van der Waals surface area contributed by atoms with Crippen molar-refractivity contribution in [1.82, 2.24) is 15.0 Å². The molecule has 8 heteroatoms. The summed E-state index contributed by atoms with van der Waals surface area (Å²) in [5.41, 5.74) is 0. The van der Waals surface area contributed by atoms with E-state index in [9.17, 15) is 13.2 Å². The SMILES string of the molecule is O=C1NCCCC1NS(=O)(=O)c1ccnc(Cl)c1. The first kappa shape index (κ1) is 13.3. The van der Waals surface area contributed by atoms with Crippen LogP contribution in [0.2, 0.25) is 5.15 Å². The molecule has 1 atom stereocenters. The number of piperidine rings is 1. The van der Waals surface area contributed by atoms with Crippen LogP contribution in [0.5, 0.6) is 0 Å². The van der Waals surface area contributed by atoms with Crippen molar-refractivity contribution in [3.63, 3.8) is 0 Å². The monoisotopic (exact) mass is 289 g/mol. The Labute approximate surface area is 110 Å². The Morgan fingerprint density at radius 1 is 1.50 bits per heavy atom. The molecule has 0 spiro atoms. The van der Waals surface area contributed by atoms with E-state index in [4.69, 9.17) is 11.6 Å². The van der Waals surface area contributed by atoms with Gasteiger partial charge in [-0.25, -0.2) is 13.4 Å². The number of nitrogens with zero attached hydrogens (tertiary/aromatic N) is 1. The van der Waals surface area contributed by atoms with E-state index in [0.29, 0.717) is 13.0 Å². The number of pyridine rings is 1. The number of halogens is 1. The van der Waals surface area contributed by atoms with Gasteiger partial charge in [0.25, 0.3) is 0 Å². The van der Waals surface area contributed by atoms with Crippen LogP contribution in [0.3, 0.4) is 0 Å². The van der Waals surface area contributed by atoms with E-state index >= 15 is 0 Å². The minimum atomic E-state index is -3.75. The fourth-order valence-electron chi connectivity index (χ4n) is 1.69. The summed E-state index contributed by atoms with van der Waals surface area (Å²) in [5, 5.41) is 2.70. The fourth-order valence-corrected chi connectivity index (χ4v) is 3.17. The highest BCUT2D eigenvalue weighted by molar-refractivity contribution is 7.89. The zero-order valence-corrected chi connectivity index (χ0v) is 11.0. The van der Waals surface area contributed by atoms with E-state index < -0.39 is 16.1 Å². The highest BCUT2D eigenvalue weighted by Crippen LogP contribution is 2.14. The molecule has 0 aromatic carbocycles. The quantitative estimate of drug-likeness (QED) is 0.783. The molecule has 0 radical (unpaired) electrons. The van der Waals surface area contributed by atoms with Crippen molar-refractivity contribution in [2.75, 3.05) is 6.54 Å². The van der Waals surface area contributed by atoms with Gasteiger partial charge in [-0.15, -0.1) is 0 Å². The first-order valence-electron chi connectivity index (χ1n) is 5.41. The zero-order chi connectivity index (χ0) is 13.2. The molecule has 1 aromatic rings. The van der Waals surface area contributed by atoms with Crippen molar-refractivity contribution in [3.05, 3.63) is 23.5 Å². The Bertz CT molecular complexity index is 561. The summed E-state index contributed by atoms with van der Waals surface area (Å²) in [6.07, 6.45) is 2.54. The van der Waals surface area contributed by atoms with Crippen LogP contribution < -0.4 is 10.0 Å². The second-order valence-electron chi connectivity index (χ2n) is 3.92. The number of rotatable bonds is 3. The molecule has 0 saturated carbocycles. The number of carbonyl (C=O) groups is 1. The van der Waals surface area contributed by atoms with Crippen molar-refractivity contribution in [1.29, 1.82) is 0 Å². The molecular formula is C10H12ClN3O3S. The van der Waals surface area contributed by atoms with Gasteiger partial charge in [-0.2, -0.15) is 4.72 Å². The highest BCUT2D eigenvalue weighted by atomic mass is 35.5. The second kappa shape index (κ2) is 5.21. The van der Waals surface area contributed by atoms with Crippen LogP contribution in [0.1, 0.15) is 12.8 Å². The smallest absolute Gasteiger partial charge is 0.241 e. The summed E-state index contributed by atoms with van der Waals surface area (Å²) < 4.78 is 26.4. The van der Waals surface area contributed by atoms with Crippen LogP contribution in [0.15, 0.2) is 23.2 Å². The third-order valence-electron chi connectivity index (χ3n) is 2.59. The Morgan fingerprint density at radius 3 is 2.94 bits per heavy atom. The molecule has 1 amide bonds. The number of amides is 1. The first-order valence-corrected chi connectivity index (χ1v) is 7.27. The Balaban J connectivity index is 2.19. The molecule has 1 unspecified atom stereocenters. The number of hydrogen-bond acceptors (Lipinski definition) is 4. The maximum Gasteiger partial charge on any atom is 0.241 e. The van der Waals surface area contributed by atoms with Gasteiger partial charge in [0.05, 0.1) is 4.90 Å². The highest BCUT2D eigenvalue weighted by Gasteiger charge is 2.27.